The Balaban J connectivity index is 2.38. The van der Waals surface area contributed by atoms with Gasteiger partial charge in [-0.1, -0.05) is 13.3 Å². The number of carbonyl (C=O) groups excluding carboxylic acids is 1. The summed E-state index contributed by atoms with van der Waals surface area (Å²) in [7, 11) is 3.01. The lowest BCUT2D eigenvalue weighted by Crippen LogP contribution is -2.11. The van der Waals surface area contributed by atoms with Gasteiger partial charge in [0, 0.05) is 17.5 Å². The van der Waals surface area contributed by atoms with Gasteiger partial charge in [0.05, 0.1) is 27.2 Å². The molecule has 1 heterocycles. The van der Waals surface area contributed by atoms with E-state index >= 15 is 0 Å². The summed E-state index contributed by atoms with van der Waals surface area (Å²) in [6.45, 7) is 2.40. The monoisotopic (exact) mass is 320 g/mol. The first-order valence-corrected chi connectivity index (χ1v) is 7.43. The van der Waals surface area contributed by atoms with Crippen molar-refractivity contribution < 1.29 is 23.4 Å². The van der Waals surface area contributed by atoms with Gasteiger partial charge < -0.3 is 18.6 Å². The first-order chi connectivity index (χ1) is 11.1. The van der Waals surface area contributed by atoms with Gasteiger partial charge in [-0.3, -0.25) is 4.79 Å². The van der Waals surface area contributed by atoms with Crippen LogP contribution in [-0.2, 0) is 16.0 Å². The Labute approximate surface area is 134 Å². The predicted octanol–water partition coefficient (Wildman–Crippen LogP) is 2.70. The minimum absolute atomic E-state index is 0.00129. The molecule has 124 valence electrons. The Bertz CT molecular complexity index is 747. The first-order valence-electron chi connectivity index (χ1n) is 7.43. The fraction of sp³-hybridized carbons (Fsp3) is 0.412. The number of benzene rings is 1. The van der Waals surface area contributed by atoms with Crippen LogP contribution >= 0.6 is 0 Å². The maximum atomic E-state index is 11.9. The lowest BCUT2D eigenvalue weighted by Gasteiger charge is -2.11. The van der Waals surface area contributed by atoms with Crippen LogP contribution in [0.3, 0.4) is 0 Å². The number of rotatable bonds is 7. The van der Waals surface area contributed by atoms with Crippen LogP contribution in [0.1, 0.15) is 25.3 Å². The molecule has 2 rings (SSSR count). The Kier molecular flexibility index (Phi) is 5.62. The summed E-state index contributed by atoms with van der Waals surface area (Å²) in [5.74, 6) is 0.570. The van der Waals surface area contributed by atoms with Crippen LogP contribution < -0.4 is 15.1 Å². The molecule has 0 unspecified atom stereocenters. The van der Waals surface area contributed by atoms with Crippen molar-refractivity contribution in [2.45, 2.75) is 26.2 Å². The minimum Gasteiger partial charge on any atom is -0.493 e. The highest BCUT2D eigenvalue weighted by Gasteiger charge is 2.15. The molecule has 0 aliphatic heterocycles. The summed E-state index contributed by atoms with van der Waals surface area (Å²) in [4.78, 5) is 23.6. The number of ether oxygens (including phenoxy) is 3. The number of hydrogen-bond acceptors (Lipinski definition) is 6. The molecule has 0 aliphatic rings. The second kappa shape index (κ2) is 7.67. The van der Waals surface area contributed by atoms with Crippen LogP contribution in [0.25, 0.3) is 11.0 Å². The molecule has 0 saturated carbocycles. The van der Waals surface area contributed by atoms with Gasteiger partial charge in [-0.2, -0.15) is 0 Å². The molecule has 0 saturated heterocycles. The van der Waals surface area contributed by atoms with Gasteiger partial charge in [0.2, 0.25) is 0 Å². The van der Waals surface area contributed by atoms with E-state index in [1.807, 2.05) is 6.92 Å². The summed E-state index contributed by atoms with van der Waals surface area (Å²) in [6.07, 6.45) is 1.76. The van der Waals surface area contributed by atoms with E-state index in [9.17, 15) is 9.59 Å². The third-order valence-corrected chi connectivity index (χ3v) is 3.43. The smallest absolute Gasteiger partial charge is 0.336 e. The standard InChI is InChI=1S/C17H20O6/c1-4-5-6-22-16(18)7-11-8-17(19)23-13-10-15(21-3)14(20-2)9-12(11)13/h8-10H,4-7H2,1-3H3. The van der Waals surface area contributed by atoms with Crippen LogP contribution in [-0.4, -0.2) is 26.8 Å². The minimum atomic E-state index is -0.527. The fourth-order valence-corrected chi connectivity index (χ4v) is 2.24. The number of hydrogen-bond donors (Lipinski definition) is 0. The molecule has 0 radical (unpaired) electrons. The zero-order chi connectivity index (χ0) is 16.8. The SMILES string of the molecule is CCCCOC(=O)Cc1cc(=O)oc2cc(OC)c(OC)cc12. The van der Waals surface area contributed by atoms with Crippen molar-refractivity contribution in [3.63, 3.8) is 0 Å². The molecule has 0 bridgehead atoms. The number of carbonyl (C=O) groups is 1. The predicted molar refractivity (Wildman–Crippen MR) is 85.2 cm³/mol. The van der Waals surface area contributed by atoms with Crippen LogP contribution in [0, 0.1) is 0 Å². The topological polar surface area (TPSA) is 75.0 Å². The molecule has 6 nitrogen and oxygen atoms in total. The van der Waals surface area contributed by atoms with Gasteiger partial charge >= 0.3 is 11.6 Å². The summed E-state index contributed by atoms with van der Waals surface area (Å²) >= 11 is 0. The Morgan fingerprint density at radius 3 is 2.48 bits per heavy atom. The van der Waals surface area contributed by atoms with Crippen LogP contribution in [0.15, 0.2) is 27.4 Å². The highest BCUT2D eigenvalue weighted by atomic mass is 16.5. The molecule has 0 N–H and O–H groups in total. The zero-order valence-electron chi connectivity index (χ0n) is 13.5. The van der Waals surface area contributed by atoms with Gasteiger partial charge in [-0.15, -0.1) is 0 Å². The maximum absolute atomic E-state index is 11.9. The number of fused-ring (bicyclic) bond motifs is 1. The molecule has 6 heteroatoms. The summed E-state index contributed by atoms with van der Waals surface area (Å²) in [6, 6.07) is 4.56. The molecule has 1 aromatic carbocycles. The molecule has 0 spiro atoms. The van der Waals surface area contributed by atoms with Crippen LogP contribution in [0.2, 0.25) is 0 Å². The Morgan fingerprint density at radius 1 is 1.13 bits per heavy atom. The van der Waals surface area contributed by atoms with Gasteiger partial charge in [-0.05, 0) is 18.1 Å². The van der Waals surface area contributed by atoms with Crippen molar-refractivity contribution in [3.05, 3.63) is 34.2 Å². The molecule has 0 aliphatic carbocycles. The Morgan fingerprint density at radius 2 is 1.83 bits per heavy atom. The van der Waals surface area contributed by atoms with Crippen molar-refractivity contribution in [3.8, 4) is 11.5 Å². The second-order valence-electron chi connectivity index (χ2n) is 5.04. The van der Waals surface area contributed by atoms with E-state index in [1.165, 1.54) is 20.3 Å². The van der Waals surface area contributed by atoms with Crippen LogP contribution in [0.5, 0.6) is 11.5 Å². The first kappa shape index (κ1) is 16.9. The van der Waals surface area contributed by atoms with E-state index in [2.05, 4.69) is 0 Å². The summed E-state index contributed by atoms with van der Waals surface area (Å²) in [5.41, 5.74) is 0.353. The molecule has 0 fully saturated rings. The van der Waals surface area contributed by atoms with Crippen molar-refractivity contribution >= 4 is 16.9 Å². The zero-order valence-corrected chi connectivity index (χ0v) is 13.5. The quantitative estimate of drug-likeness (QED) is 0.443. The molecule has 1 aromatic heterocycles. The van der Waals surface area contributed by atoms with Gasteiger partial charge in [-0.25, -0.2) is 4.79 Å². The highest BCUT2D eigenvalue weighted by Crippen LogP contribution is 2.33. The summed E-state index contributed by atoms with van der Waals surface area (Å²) in [5, 5.41) is 0.620. The fourth-order valence-electron chi connectivity index (χ4n) is 2.24. The number of esters is 1. The van der Waals surface area contributed by atoms with E-state index in [4.69, 9.17) is 18.6 Å². The van der Waals surface area contributed by atoms with E-state index in [1.54, 1.807) is 12.1 Å². The molecular weight excluding hydrogens is 300 g/mol. The molecule has 0 amide bonds. The highest BCUT2D eigenvalue weighted by molar-refractivity contribution is 5.87. The van der Waals surface area contributed by atoms with Crippen molar-refractivity contribution in [2.75, 3.05) is 20.8 Å². The third-order valence-electron chi connectivity index (χ3n) is 3.43. The van der Waals surface area contributed by atoms with E-state index < -0.39 is 5.63 Å². The Hall–Kier alpha value is -2.50. The average Bonchev–Trinajstić information content (AvgIpc) is 2.53. The number of methoxy groups -OCH3 is 2. The lowest BCUT2D eigenvalue weighted by molar-refractivity contribution is -0.142. The van der Waals surface area contributed by atoms with E-state index in [0.717, 1.165) is 12.8 Å². The molecular formula is C17H20O6. The largest absolute Gasteiger partial charge is 0.493 e. The van der Waals surface area contributed by atoms with Crippen LogP contribution in [0.4, 0.5) is 0 Å². The average molecular weight is 320 g/mol. The second-order valence-corrected chi connectivity index (χ2v) is 5.04. The third kappa shape index (κ3) is 4.03. The van der Waals surface area contributed by atoms with Gasteiger partial charge in [0.1, 0.15) is 5.58 Å². The molecule has 0 atom stereocenters. The van der Waals surface area contributed by atoms with Crippen molar-refractivity contribution in [1.29, 1.82) is 0 Å². The number of unbranched alkanes of at least 4 members (excludes halogenated alkanes) is 1. The van der Waals surface area contributed by atoms with E-state index in [0.29, 0.717) is 34.6 Å². The van der Waals surface area contributed by atoms with E-state index in [-0.39, 0.29) is 12.4 Å². The summed E-state index contributed by atoms with van der Waals surface area (Å²) < 4.78 is 20.8. The van der Waals surface area contributed by atoms with Crippen molar-refractivity contribution in [1.82, 2.24) is 0 Å². The maximum Gasteiger partial charge on any atom is 0.336 e. The molecule has 2 aromatic rings. The lowest BCUT2D eigenvalue weighted by atomic mass is 10.1. The molecule has 23 heavy (non-hydrogen) atoms. The van der Waals surface area contributed by atoms with Gasteiger partial charge in [0.15, 0.2) is 11.5 Å². The van der Waals surface area contributed by atoms with Gasteiger partial charge in [0.25, 0.3) is 0 Å². The van der Waals surface area contributed by atoms with Crippen molar-refractivity contribution in [2.24, 2.45) is 0 Å². The normalized spacial score (nSPS) is 10.6.